The molecule has 0 aliphatic carbocycles. The van der Waals surface area contributed by atoms with Crippen LogP contribution < -0.4 is 5.32 Å². The van der Waals surface area contributed by atoms with Gasteiger partial charge in [-0.2, -0.15) is 0 Å². The van der Waals surface area contributed by atoms with E-state index in [4.69, 9.17) is 0 Å². The van der Waals surface area contributed by atoms with Crippen molar-refractivity contribution < 1.29 is 4.79 Å². The molecule has 0 atom stereocenters. The van der Waals surface area contributed by atoms with Crippen LogP contribution in [0.4, 0.5) is 0 Å². The normalized spacial score (nSPS) is 18.5. The van der Waals surface area contributed by atoms with Crippen LogP contribution in [0.25, 0.3) is 0 Å². The van der Waals surface area contributed by atoms with Gasteiger partial charge in [0, 0.05) is 19.5 Å². The molecule has 76 valence electrons. The molecule has 3 heteroatoms. The number of piperidine rings is 1. The number of carbonyl (C=O) groups excluding carboxylic acids is 1. The van der Waals surface area contributed by atoms with Gasteiger partial charge in [0.15, 0.2) is 0 Å². The molecule has 0 aromatic carbocycles. The van der Waals surface area contributed by atoms with Crippen LogP contribution in [0.5, 0.6) is 0 Å². The van der Waals surface area contributed by atoms with Crippen LogP contribution >= 0.6 is 0 Å². The zero-order valence-corrected chi connectivity index (χ0v) is 8.51. The van der Waals surface area contributed by atoms with Crippen LogP contribution in [0.3, 0.4) is 0 Å². The van der Waals surface area contributed by atoms with E-state index in [1.807, 2.05) is 6.92 Å². The second-order valence-electron chi connectivity index (χ2n) is 3.61. The lowest BCUT2D eigenvalue weighted by Gasteiger charge is -2.26. The largest absolute Gasteiger partial charge is 0.355 e. The van der Waals surface area contributed by atoms with Crippen LogP contribution in [0.2, 0.25) is 0 Å². The molecular formula is C10H20N2O. The topological polar surface area (TPSA) is 32.3 Å². The van der Waals surface area contributed by atoms with E-state index in [0.717, 1.165) is 13.1 Å². The highest BCUT2D eigenvalue weighted by Gasteiger charge is 2.09. The maximum atomic E-state index is 10.9. The van der Waals surface area contributed by atoms with Crippen molar-refractivity contribution in [2.45, 2.75) is 32.6 Å². The van der Waals surface area contributed by atoms with E-state index in [9.17, 15) is 4.79 Å². The number of likely N-dealkylation sites (tertiary alicyclic amines) is 1. The van der Waals surface area contributed by atoms with Crippen molar-refractivity contribution in [2.24, 2.45) is 0 Å². The lowest BCUT2D eigenvalue weighted by molar-refractivity contribution is -0.120. The Labute approximate surface area is 80.5 Å². The average Bonchev–Trinajstić information content (AvgIpc) is 2.19. The highest BCUT2D eigenvalue weighted by molar-refractivity contribution is 5.75. The van der Waals surface area contributed by atoms with Crippen LogP contribution in [0.15, 0.2) is 0 Å². The summed E-state index contributed by atoms with van der Waals surface area (Å²) in [5, 5.41) is 2.90. The van der Waals surface area contributed by atoms with Crippen molar-refractivity contribution in [1.29, 1.82) is 0 Å². The third-order valence-electron chi connectivity index (χ3n) is 2.52. The van der Waals surface area contributed by atoms with Gasteiger partial charge in [0.25, 0.3) is 0 Å². The summed E-state index contributed by atoms with van der Waals surface area (Å²) in [4.78, 5) is 13.4. The van der Waals surface area contributed by atoms with Crippen molar-refractivity contribution in [2.75, 3.05) is 26.2 Å². The van der Waals surface area contributed by atoms with Gasteiger partial charge in [-0.05, 0) is 25.9 Å². The summed E-state index contributed by atoms with van der Waals surface area (Å²) < 4.78 is 0. The van der Waals surface area contributed by atoms with Gasteiger partial charge in [0.2, 0.25) is 5.91 Å². The molecule has 1 rings (SSSR count). The minimum Gasteiger partial charge on any atom is -0.355 e. The molecule has 1 fully saturated rings. The Morgan fingerprint density at radius 2 is 2.00 bits per heavy atom. The predicted octanol–water partition coefficient (Wildman–Crippen LogP) is 0.998. The fourth-order valence-electron chi connectivity index (χ4n) is 1.66. The molecule has 1 amide bonds. The van der Waals surface area contributed by atoms with E-state index in [2.05, 4.69) is 10.2 Å². The molecule has 0 aromatic rings. The third-order valence-corrected chi connectivity index (χ3v) is 2.52. The monoisotopic (exact) mass is 184 g/mol. The van der Waals surface area contributed by atoms with Gasteiger partial charge in [0.05, 0.1) is 0 Å². The third kappa shape index (κ3) is 4.27. The zero-order valence-electron chi connectivity index (χ0n) is 8.51. The quantitative estimate of drug-likeness (QED) is 0.707. The molecule has 0 spiro atoms. The van der Waals surface area contributed by atoms with Crippen LogP contribution in [-0.2, 0) is 4.79 Å². The van der Waals surface area contributed by atoms with Crippen molar-refractivity contribution in [3.63, 3.8) is 0 Å². The second-order valence-corrected chi connectivity index (χ2v) is 3.61. The van der Waals surface area contributed by atoms with Crippen molar-refractivity contribution in [1.82, 2.24) is 10.2 Å². The second kappa shape index (κ2) is 5.97. The van der Waals surface area contributed by atoms with Crippen LogP contribution in [0, 0.1) is 0 Å². The van der Waals surface area contributed by atoms with E-state index < -0.39 is 0 Å². The van der Waals surface area contributed by atoms with Gasteiger partial charge >= 0.3 is 0 Å². The van der Waals surface area contributed by atoms with Crippen molar-refractivity contribution in [3.8, 4) is 0 Å². The Hall–Kier alpha value is -0.570. The van der Waals surface area contributed by atoms with Gasteiger partial charge in [0.1, 0.15) is 0 Å². The highest BCUT2D eigenvalue weighted by Crippen LogP contribution is 2.07. The maximum absolute atomic E-state index is 10.9. The molecule has 1 N–H and O–H groups in total. The smallest absolute Gasteiger partial charge is 0.219 e. The van der Waals surface area contributed by atoms with Gasteiger partial charge in [-0.3, -0.25) is 4.79 Å². The lowest BCUT2D eigenvalue weighted by Crippen LogP contribution is -2.37. The molecule has 0 unspecified atom stereocenters. The number of amides is 1. The molecule has 1 saturated heterocycles. The van der Waals surface area contributed by atoms with Crippen molar-refractivity contribution in [3.05, 3.63) is 0 Å². The van der Waals surface area contributed by atoms with Gasteiger partial charge in [-0.1, -0.05) is 13.3 Å². The molecule has 0 saturated carbocycles. The predicted molar refractivity (Wildman–Crippen MR) is 53.6 cm³/mol. The van der Waals surface area contributed by atoms with E-state index >= 15 is 0 Å². The Morgan fingerprint density at radius 1 is 1.31 bits per heavy atom. The highest BCUT2D eigenvalue weighted by atomic mass is 16.1. The molecule has 1 aliphatic rings. The summed E-state index contributed by atoms with van der Waals surface area (Å²) in [6.45, 7) is 6.14. The van der Waals surface area contributed by atoms with Gasteiger partial charge < -0.3 is 10.2 Å². The Morgan fingerprint density at radius 3 is 2.62 bits per heavy atom. The lowest BCUT2D eigenvalue weighted by atomic mass is 10.1. The summed E-state index contributed by atoms with van der Waals surface area (Å²) >= 11 is 0. The fourth-order valence-corrected chi connectivity index (χ4v) is 1.66. The number of rotatable bonds is 4. The van der Waals surface area contributed by atoms with Crippen LogP contribution in [-0.4, -0.2) is 37.0 Å². The number of nitrogens with one attached hydrogen (secondary N) is 1. The molecule has 0 bridgehead atoms. The maximum Gasteiger partial charge on any atom is 0.219 e. The molecule has 3 nitrogen and oxygen atoms in total. The number of nitrogens with zero attached hydrogens (tertiary/aromatic N) is 1. The summed E-state index contributed by atoms with van der Waals surface area (Å²) in [6.07, 6.45) is 4.61. The zero-order chi connectivity index (χ0) is 9.52. The first-order chi connectivity index (χ1) is 6.33. The van der Waals surface area contributed by atoms with E-state index in [-0.39, 0.29) is 5.91 Å². The minimum absolute atomic E-state index is 0.164. The number of hydrogen-bond donors (Lipinski definition) is 1. The van der Waals surface area contributed by atoms with E-state index in [1.165, 1.54) is 32.4 Å². The van der Waals surface area contributed by atoms with E-state index in [0.29, 0.717) is 6.42 Å². The van der Waals surface area contributed by atoms with Gasteiger partial charge in [-0.15, -0.1) is 0 Å². The standard InChI is InChI=1S/C10H20N2O/c1-2-10(13)11-6-9-12-7-4-3-5-8-12/h2-9H2,1H3,(H,11,13). The first-order valence-electron chi connectivity index (χ1n) is 5.32. The summed E-state index contributed by atoms with van der Waals surface area (Å²) in [5.74, 6) is 0.164. The number of hydrogen-bond acceptors (Lipinski definition) is 2. The van der Waals surface area contributed by atoms with Crippen molar-refractivity contribution >= 4 is 5.91 Å². The minimum atomic E-state index is 0.164. The fraction of sp³-hybridized carbons (Fsp3) is 0.900. The molecular weight excluding hydrogens is 164 g/mol. The first-order valence-corrected chi connectivity index (χ1v) is 5.32. The summed E-state index contributed by atoms with van der Waals surface area (Å²) in [6, 6.07) is 0. The van der Waals surface area contributed by atoms with E-state index in [1.54, 1.807) is 0 Å². The SMILES string of the molecule is CCC(=O)NCCN1CCCCC1. The molecule has 1 aliphatic heterocycles. The summed E-state index contributed by atoms with van der Waals surface area (Å²) in [5.41, 5.74) is 0. The summed E-state index contributed by atoms with van der Waals surface area (Å²) in [7, 11) is 0. The molecule has 0 aromatic heterocycles. The average molecular weight is 184 g/mol. The Balaban J connectivity index is 2.01. The molecule has 13 heavy (non-hydrogen) atoms. The Kier molecular flexibility index (Phi) is 4.83. The molecule has 1 heterocycles. The first kappa shape index (κ1) is 10.5. The van der Waals surface area contributed by atoms with Crippen LogP contribution in [0.1, 0.15) is 32.6 Å². The molecule has 0 radical (unpaired) electrons. The number of carbonyl (C=O) groups is 1. The Bertz CT molecular complexity index is 153. The van der Waals surface area contributed by atoms with Gasteiger partial charge in [-0.25, -0.2) is 0 Å².